The molecule has 2 aromatic carbocycles. The topological polar surface area (TPSA) is 12.0 Å². The molecule has 0 saturated carbocycles. The third-order valence-electron chi connectivity index (χ3n) is 3.15. The smallest absolute Gasteiger partial charge is 0.127 e. The molecule has 1 N–H and O–H groups in total. The Morgan fingerprint density at radius 1 is 0.895 bits per heavy atom. The number of hydrogen-bond donors (Lipinski definition) is 1. The Morgan fingerprint density at radius 2 is 1.63 bits per heavy atom. The van der Waals surface area contributed by atoms with Gasteiger partial charge < -0.3 is 5.32 Å². The Hall–Kier alpha value is -1.71. The molecule has 3 rings (SSSR count). The minimum atomic E-state index is -0.148. The standard InChI is InChI=1S/C16H14FNS/c17-15-7-3-1-5-12(15)9-18-10-13-11-19-16-8-4-2-6-14(13)16/h1-8,11,18H,9-10H2. The molecule has 1 nitrogen and oxygen atoms in total. The third-order valence-corrected chi connectivity index (χ3v) is 4.16. The second-order valence-electron chi connectivity index (χ2n) is 4.45. The van der Waals surface area contributed by atoms with Crippen molar-refractivity contribution in [2.75, 3.05) is 0 Å². The lowest BCUT2D eigenvalue weighted by Gasteiger charge is -2.05. The van der Waals surface area contributed by atoms with Crippen molar-refractivity contribution in [3.8, 4) is 0 Å². The van der Waals surface area contributed by atoms with Crippen LogP contribution in [-0.4, -0.2) is 0 Å². The van der Waals surface area contributed by atoms with E-state index in [0.29, 0.717) is 12.1 Å². The van der Waals surface area contributed by atoms with E-state index in [-0.39, 0.29) is 5.82 Å². The molecule has 0 spiro atoms. The molecule has 0 aliphatic rings. The van der Waals surface area contributed by atoms with Gasteiger partial charge in [-0.1, -0.05) is 36.4 Å². The summed E-state index contributed by atoms with van der Waals surface area (Å²) in [5, 5.41) is 6.76. The van der Waals surface area contributed by atoms with E-state index in [4.69, 9.17) is 0 Å². The lowest BCUT2D eigenvalue weighted by molar-refractivity contribution is 0.588. The van der Waals surface area contributed by atoms with Crippen molar-refractivity contribution in [1.82, 2.24) is 5.32 Å². The first-order chi connectivity index (χ1) is 9.34. The molecule has 0 aliphatic carbocycles. The molecule has 19 heavy (non-hydrogen) atoms. The molecule has 1 heterocycles. The van der Waals surface area contributed by atoms with Crippen LogP contribution in [0, 0.1) is 5.82 Å². The van der Waals surface area contributed by atoms with E-state index in [1.54, 1.807) is 17.4 Å². The summed E-state index contributed by atoms with van der Waals surface area (Å²) < 4.78 is 14.8. The van der Waals surface area contributed by atoms with Crippen molar-refractivity contribution < 1.29 is 4.39 Å². The van der Waals surface area contributed by atoms with Gasteiger partial charge in [0.05, 0.1) is 0 Å². The second-order valence-corrected chi connectivity index (χ2v) is 5.36. The SMILES string of the molecule is Fc1ccccc1CNCc1csc2ccccc12. The summed E-state index contributed by atoms with van der Waals surface area (Å²) >= 11 is 1.75. The van der Waals surface area contributed by atoms with Crippen LogP contribution in [0.4, 0.5) is 4.39 Å². The average Bonchev–Trinajstić information content (AvgIpc) is 2.85. The van der Waals surface area contributed by atoms with E-state index in [1.807, 2.05) is 12.1 Å². The van der Waals surface area contributed by atoms with Crippen LogP contribution in [0.3, 0.4) is 0 Å². The highest BCUT2D eigenvalue weighted by molar-refractivity contribution is 7.17. The number of nitrogens with one attached hydrogen (secondary N) is 1. The molecular weight excluding hydrogens is 257 g/mol. The predicted molar refractivity (Wildman–Crippen MR) is 78.8 cm³/mol. The Morgan fingerprint density at radius 3 is 2.53 bits per heavy atom. The molecule has 0 bridgehead atoms. The maximum atomic E-state index is 13.5. The van der Waals surface area contributed by atoms with E-state index in [9.17, 15) is 4.39 Å². The molecule has 0 fully saturated rings. The Kier molecular flexibility index (Phi) is 3.58. The van der Waals surface area contributed by atoms with Crippen molar-refractivity contribution >= 4 is 21.4 Å². The molecule has 0 atom stereocenters. The predicted octanol–water partition coefficient (Wildman–Crippen LogP) is 4.33. The molecule has 0 unspecified atom stereocenters. The lowest BCUT2D eigenvalue weighted by Crippen LogP contribution is -2.13. The molecule has 1 aromatic heterocycles. The summed E-state index contributed by atoms with van der Waals surface area (Å²) in [6.07, 6.45) is 0. The van der Waals surface area contributed by atoms with E-state index in [0.717, 1.165) is 6.54 Å². The second kappa shape index (κ2) is 5.51. The van der Waals surface area contributed by atoms with E-state index < -0.39 is 0 Å². The van der Waals surface area contributed by atoms with Gasteiger partial charge in [0, 0.05) is 23.4 Å². The van der Waals surface area contributed by atoms with Crippen LogP contribution < -0.4 is 5.32 Å². The van der Waals surface area contributed by atoms with Gasteiger partial charge in [0.15, 0.2) is 0 Å². The van der Waals surface area contributed by atoms with E-state index in [2.05, 4.69) is 35.0 Å². The Labute approximate surface area is 115 Å². The normalized spacial score (nSPS) is 11.0. The van der Waals surface area contributed by atoms with Crippen molar-refractivity contribution in [3.05, 3.63) is 70.9 Å². The summed E-state index contributed by atoms with van der Waals surface area (Å²) in [7, 11) is 0. The van der Waals surface area contributed by atoms with Crippen molar-refractivity contribution in [3.63, 3.8) is 0 Å². The van der Waals surface area contributed by atoms with Gasteiger partial charge >= 0.3 is 0 Å². The van der Waals surface area contributed by atoms with Gasteiger partial charge in [0.2, 0.25) is 0 Å². The van der Waals surface area contributed by atoms with Crippen LogP contribution >= 0.6 is 11.3 Å². The summed E-state index contributed by atoms with van der Waals surface area (Å²) in [5.74, 6) is -0.148. The fourth-order valence-electron chi connectivity index (χ4n) is 2.14. The minimum absolute atomic E-state index is 0.148. The zero-order valence-corrected chi connectivity index (χ0v) is 11.2. The number of thiophene rings is 1. The van der Waals surface area contributed by atoms with Crippen LogP contribution in [0.25, 0.3) is 10.1 Å². The van der Waals surface area contributed by atoms with E-state index in [1.165, 1.54) is 21.7 Å². The summed E-state index contributed by atoms with van der Waals surface area (Å²) in [6, 6.07) is 15.2. The van der Waals surface area contributed by atoms with Gasteiger partial charge in [-0.15, -0.1) is 11.3 Å². The van der Waals surface area contributed by atoms with Crippen molar-refractivity contribution in [2.24, 2.45) is 0 Å². The van der Waals surface area contributed by atoms with Gasteiger partial charge in [-0.05, 0) is 28.5 Å². The minimum Gasteiger partial charge on any atom is -0.308 e. The molecule has 0 radical (unpaired) electrons. The van der Waals surface area contributed by atoms with Crippen LogP contribution in [-0.2, 0) is 13.1 Å². The monoisotopic (exact) mass is 271 g/mol. The van der Waals surface area contributed by atoms with Gasteiger partial charge in [0.1, 0.15) is 5.82 Å². The number of hydrogen-bond acceptors (Lipinski definition) is 2. The molecule has 0 saturated heterocycles. The van der Waals surface area contributed by atoms with Crippen molar-refractivity contribution in [1.29, 1.82) is 0 Å². The molecule has 3 heteroatoms. The molecule has 0 aliphatic heterocycles. The first kappa shape index (κ1) is 12.3. The first-order valence-electron chi connectivity index (χ1n) is 6.24. The highest BCUT2D eigenvalue weighted by atomic mass is 32.1. The maximum absolute atomic E-state index is 13.5. The molecule has 96 valence electrons. The Bertz CT molecular complexity index is 690. The Balaban J connectivity index is 1.68. The highest BCUT2D eigenvalue weighted by Crippen LogP contribution is 2.25. The first-order valence-corrected chi connectivity index (χ1v) is 7.12. The largest absolute Gasteiger partial charge is 0.308 e. The van der Waals surface area contributed by atoms with Crippen LogP contribution in [0.15, 0.2) is 53.9 Å². The zero-order chi connectivity index (χ0) is 13.1. The quantitative estimate of drug-likeness (QED) is 0.744. The summed E-state index contributed by atoms with van der Waals surface area (Å²) in [5.41, 5.74) is 1.99. The molecule has 3 aromatic rings. The van der Waals surface area contributed by atoms with Gasteiger partial charge in [-0.3, -0.25) is 0 Å². The summed E-state index contributed by atoms with van der Waals surface area (Å²) in [4.78, 5) is 0. The fraction of sp³-hybridized carbons (Fsp3) is 0.125. The number of halogens is 1. The number of fused-ring (bicyclic) bond motifs is 1. The highest BCUT2D eigenvalue weighted by Gasteiger charge is 2.04. The van der Waals surface area contributed by atoms with Crippen molar-refractivity contribution in [2.45, 2.75) is 13.1 Å². The van der Waals surface area contributed by atoms with Gasteiger partial charge in [0.25, 0.3) is 0 Å². The summed E-state index contributed by atoms with van der Waals surface area (Å²) in [6.45, 7) is 1.31. The average molecular weight is 271 g/mol. The van der Waals surface area contributed by atoms with Gasteiger partial charge in [-0.2, -0.15) is 0 Å². The number of rotatable bonds is 4. The molecular formula is C16H14FNS. The third kappa shape index (κ3) is 2.67. The lowest BCUT2D eigenvalue weighted by atomic mass is 10.1. The van der Waals surface area contributed by atoms with Gasteiger partial charge in [-0.25, -0.2) is 4.39 Å². The zero-order valence-electron chi connectivity index (χ0n) is 10.4. The number of benzene rings is 2. The molecule has 0 amide bonds. The van der Waals surface area contributed by atoms with Crippen LogP contribution in [0.1, 0.15) is 11.1 Å². The fourth-order valence-corrected chi connectivity index (χ4v) is 3.11. The maximum Gasteiger partial charge on any atom is 0.127 e. The van der Waals surface area contributed by atoms with Crippen LogP contribution in [0.2, 0.25) is 0 Å². The van der Waals surface area contributed by atoms with E-state index >= 15 is 0 Å². The van der Waals surface area contributed by atoms with Crippen LogP contribution in [0.5, 0.6) is 0 Å².